The first-order chi connectivity index (χ1) is 8.06. The molecule has 1 aromatic heterocycles. The van der Waals surface area contributed by atoms with Crippen LogP contribution in [-0.4, -0.2) is 24.0 Å². The van der Waals surface area contributed by atoms with Gasteiger partial charge in [-0.25, -0.2) is 4.98 Å². The number of amides is 1. The molecule has 0 aliphatic rings. The first-order valence-corrected chi connectivity index (χ1v) is 6.81. The Morgan fingerprint density at radius 2 is 2.24 bits per heavy atom. The summed E-state index contributed by atoms with van der Waals surface area (Å²) in [5.41, 5.74) is 5.60. The van der Waals surface area contributed by atoms with Crippen molar-refractivity contribution < 1.29 is 4.79 Å². The summed E-state index contributed by atoms with van der Waals surface area (Å²) < 4.78 is 0. The van der Waals surface area contributed by atoms with E-state index in [2.05, 4.69) is 17.2 Å². The van der Waals surface area contributed by atoms with Gasteiger partial charge in [0, 0.05) is 30.6 Å². The molecule has 4 nitrogen and oxygen atoms in total. The van der Waals surface area contributed by atoms with Gasteiger partial charge in [0.2, 0.25) is 5.91 Å². The van der Waals surface area contributed by atoms with Gasteiger partial charge in [0.1, 0.15) is 0 Å². The van der Waals surface area contributed by atoms with Gasteiger partial charge in [0.25, 0.3) is 0 Å². The van der Waals surface area contributed by atoms with E-state index in [0.717, 1.165) is 5.01 Å². The predicted molar refractivity (Wildman–Crippen MR) is 70.9 cm³/mol. The number of nitrogens with one attached hydrogen (secondary N) is 1. The van der Waals surface area contributed by atoms with Crippen molar-refractivity contribution in [2.75, 3.05) is 13.1 Å². The SMILES string of the molecule is CC(CNC(=O)C(CN)C(C)C)c1nccs1. The molecule has 2 atom stereocenters. The summed E-state index contributed by atoms with van der Waals surface area (Å²) >= 11 is 1.62. The Labute approximate surface area is 107 Å². The third-order valence-electron chi connectivity index (χ3n) is 2.85. The van der Waals surface area contributed by atoms with Gasteiger partial charge in [-0.15, -0.1) is 11.3 Å². The molecule has 17 heavy (non-hydrogen) atoms. The summed E-state index contributed by atoms with van der Waals surface area (Å²) in [7, 11) is 0. The standard InChI is InChI=1S/C12H21N3OS/c1-8(2)10(6-13)11(16)15-7-9(3)12-14-4-5-17-12/h4-5,8-10H,6-7,13H2,1-3H3,(H,15,16). The number of rotatable bonds is 6. The summed E-state index contributed by atoms with van der Waals surface area (Å²) in [6.45, 7) is 7.11. The van der Waals surface area contributed by atoms with Crippen LogP contribution in [0.15, 0.2) is 11.6 Å². The maximum Gasteiger partial charge on any atom is 0.224 e. The molecule has 2 unspecified atom stereocenters. The quantitative estimate of drug-likeness (QED) is 0.811. The lowest BCUT2D eigenvalue weighted by Crippen LogP contribution is -2.39. The number of nitrogens with two attached hydrogens (primary N) is 1. The predicted octanol–water partition coefficient (Wildman–Crippen LogP) is 1.59. The summed E-state index contributed by atoms with van der Waals surface area (Å²) in [5.74, 6) is 0.476. The van der Waals surface area contributed by atoms with Crippen molar-refractivity contribution in [3.63, 3.8) is 0 Å². The molecule has 0 saturated carbocycles. The molecule has 1 aromatic rings. The van der Waals surface area contributed by atoms with Crippen LogP contribution in [0.3, 0.4) is 0 Å². The highest BCUT2D eigenvalue weighted by Gasteiger charge is 2.21. The first-order valence-electron chi connectivity index (χ1n) is 5.93. The van der Waals surface area contributed by atoms with E-state index < -0.39 is 0 Å². The van der Waals surface area contributed by atoms with Crippen LogP contribution in [0, 0.1) is 11.8 Å². The Bertz CT molecular complexity index is 338. The van der Waals surface area contributed by atoms with Crippen molar-refractivity contribution in [1.29, 1.82) is 0 Å². The van der Waals surface area contributed by atoms with Gasteiger partial charge in [-0.3, -0.25) is 4.79 Å². The number of thiazole rings is 1. The average Bonchev–Trinajstić information content (AvgIpc) is 2.79. The molecule has 96 valence electrons. The monoisotopic (exact) mass is 255 g/mol. The van der Waals surface area contributed by atoms with Crippen LogP contribution in [0.25, 0.3) is 0 Å². The second-order valence-corrected chi connectivity index (χ2v) is 5.53. The highest BCUT2D eigenvalue weighted by Crippen LogP contribution is 2.17. The zero-order chi connectivity index (χ0) is 12.8. The molecule has 1 heterocycles. The number of carbonyl (C=O) groups is 1. The average molecular weight is 255 g/mol. The van der Waals surface area contributed by atoms with Crippen molar-refractivity contribution in [3.8, 4) is 0 Å². The largest absolute Gasteiger partial charge is 0.355 e. The van der Waals surface area contributed by atoms with E-state index in [0.29, 0.717) is 13.1 Å². The van der Waals surface area contributed by atoms with Crippen molar-refractivity contribution >= 4 is 17.2 Å². The zero-order valence-electron chi connectivity index (χ0n) is 10.6. The molecular weight excluding hydrogens is 234 g/mol. The van der Waals surface area contributed by atoms with E-state index >= 15 is 0 Å². The second kappa shape index (κ2) is 6.71. The van der Waals surface area contributed by atoms with Crippen LogP contribution in [-0.2, 0) is 4.79 Å². The van der Waals surface area contributed by atoms with Gasteiger partial charge in [-0.2, -0.15) is 0 Å². The molecule has 0 aromatic carbocycles. The zero-order valence-corrected chi connectivity index (χ0v) is 11.5. The van der Waals surface area contributed by atoms with Crippen LogP contribution in [0.1, 0.15) is 31.7 Å². The van der Waals surface area contributed by atoms with Crippen LogP contribution >= 0.6 is 11.3 Å². The van der Waals surface area contributed by atoms with Crippen LogP contribution in [0.5, 0.6) is 0 Å². The molecule has 0 radical (unpaired) electrons. The lowest BCUT2D eigenvalue weighted by molar-refractivity contribution is -0.126. The maximum absolute atomic E-state index is 11.9. The summed E-state index contributed by atoms with van der Waals surface area (Å²) in [4.78, 5) is 16.1. The lowest BCUT2D eigenvalue weighted by Gasteiger charge is -2.19. The number of aromatic nitrogens is 1. The first kappa shape index (κ1) is 14.1. The van der Waals surface area contributed by atoms with Crippen molar-refractivity contribution in [1.82, 2.24) is 10.3 Å². The van der Waals surface area contributed by atoms with Gasteiger partial charge < -0.3 is 11.1 Å². The Balaban J connectivity index is 2.42. The minimum absolute atomic E-state index is 0.0471. The Hall–Kier alpha value is -0.940. The van der Waals surface area contributed by atoms with Gasteiger partial charge in [-0.05, 0) is 5.92 Å². The van der Waals surface area contributed by atoms with Crippen molar-refractivity contribution in [2.24, 2.45) is 17.6 Å². The molecular formula is C12H21N3OS. The van der Waals surface area contributed by atoms with E-state index in [-0.39, 0.29) is 23.7 Å². The molecule has 5 heteroatoms. The van der Waals surface area contributed by atoms with E-state index in [9.17, 15) is 4.79 Å². The Kier molecular flexibility index (Phi) is 5.58. The van der Waals surface area contributed by atoms with Gasteiger partial charge in [-0.1, -0.05) is 20.8 Å². The minimum Gasteiger partial charge on any atom is -0.355 e. The van der Waals surface area contributed by atoms with Gasteiger partial charge in [0.05, 0.1) is 10.9 Å². The fraction of sp³-hybridized carbons (Fsp3) is 0.667. The fourth-order valence-corrected chi connectivity index (χ4v) is 2.33. The topological polar surface area (TPSA) is 68.0 Å². The third-order valence-corrected chi connectivity index (χ3v) is 3.86. The normalized spacial score (nSPS) is 14.6. The van der Waals surface area contributed by atoms with Crippen molar-refractivity contribution in [3.05, 3.63) is 16.6 Å². The third kappa shape index (κ3) is 4.09. The highest BCUT2D eigenvalue weighted by atomic mass is 32.1. The molecule has 1 amide bonds. The Morgan fingerprint density at radius 3 is 2.71 bits per heavy atom. The van der Waals surface area contributed by atoms with E-state index in [1.54, 1.807) is 17.5 Å². The summed E-state index contributed by atoms with van der Waals surface area (Å²) in [6, 6.07) is 0. The second-order valence-electron chi connectivity index (χ2n) is 4.60. The molecule has 0 aliphatic heterocycles. The molecule has 0 saturated heterocycles. The maximum atomic E-state index is 11.9. The van der Waals surface area contributed by atoms with Gasteiger partial charge >= 0.3 is 0 Å². The van der Waals surface area contributed by atoms with Gasteiger partial charge in [0.15, 0.2) is 0 Å². The number of hydrogen-bond acceptors (Lipinski definition) is 4. The Morgan fingerprint density at radius 1 is 1.53 bits per heavy atom. The summed E-state index contributed by atoms with van der Waals surface area (Å²) in [5, 5.41) is 5.95. The molecule has 0 spiro atoms. The van der Waals surface area contributed by atoms with Crippen molar-refractivity contribution in [2.45, 2.75) is 26.7 Å². The lowest BCUT2D eigenvalue weighted by atomic mass is 9.95. The smallest absolute Gasteiger partial charge is 0.224 e. The number of nitrogens with zero attached hydrogens (tertiary/aromatic N) is 1. The van der Waals surface area contributed by atoms with E-state index in [1.165, 1.54) is 0 Å². The van der Waals surface area contributed by atoms with E-state index in [4.69, 9.17) is 5.73 Å². The number of carbonyl (C=O) groups excluding carboxylic acids is 1. The van der Waals surface area contributed by atoms with Crippen LogP contribution < -0.4 is 11.1 Å². The molecule has 3 N–H and O–H groups in total. The minimum atomic E-state index is -0.0986. The van der Waals surface area contributed by atoms with Crippen LogP contribution in [0.4, 0.5) is 0 Å². The summed E-state index contributed by atoms with van der Waals surface area (Å²) in [6.07, 6.45) is 1.79. The highest BCUT2D eigenvalue weighted by molar-refractivity contribution is 7.09. The fourth-order valence-electron chi connectivity index (χ4n) is 1.63. The van der Waals surface area contributed by atoms with Crippen LogP contribution in [0.2, 0.25) is 0 Å². The van der Waals surface area contributed by atoms with E-state index in [1.807, 2.05) is 19.2 Å². The molecule has 0 bridgehead atoms. The molecule has 1 rings (SSSR count). The molecule has 0 fully saturated rings. The number of hydrogen-bond donors (Lipinski definition) is 2. The molecule has 0 aliphatic carbocycles.